The number of alkyl halides is 1. The summed E-state index contributed by atoms with van der Waals surface area (Å²) in [5, 5.41) is 11.1. The molecule has 0 radical (unpaired) electrons. The molecule has 0 fully saturated rings. The standard InChI is InChI=1S/C9H9Cl2NO2/c10-5-1-2-7-6-8(11)3-4-9(7)12(13)14/h3-4,6H,1-2,5H2. The minimum Gasteiger partial charge on any atom is -0.258 e. The number of nitro groups is 1. The van der Waals surface area contributed by atoms with Crippen molar-refractivity contribution in [1.82, 2.24) is 0 Å². The predicted molar refractivity (Wildman–Crippen MR) is 57.1 cm³/mol. The Hall–Kier alpha value is -0.800. The van der Waals surface area contributed by atoms with Crippen LogP contribution in [-0.4, -0.2) is 10.8 Å². The summed E-state index contributed by atoms with van der Waals surface area (Å²) in [6, 6.07) is 4.56. The molecule has 0 aliphatic heterocycles. The summed E-state index contributed by atoms with van der Waals surface area (Å²) < 4.78 is 0. The van der Waals surface area contributed by atoms with Gasteiger partial charge in [0.2, 0.25) is 0 Å². The monoisotopic (exact) mass is 233 g/mol. The fraction of sp³-hybridized carbons (Fsp3) is 0.333. The van der Waals surface area contributed by atoms with Crippen LogP contribution in [0.4, 0.5) is 5.69 Å². The quantitative estimate of drug-likeness (QED) is 0.455. The normalized spacial score (nSPS) is 10.1. The van der Waals surface area contributed by atoms with Gasteiger partial charge in [0.1, 0.15) is 0 Å². The van der Waals surface area contributed by atoms with Crippen LogP contribution in [0.3, 0.4) is 0 Å². The maximum Gasteiger partial charge on any atom is 0.272 e. The molecular weight excluding hydrogens is 225 g/mol. The maximum atomic E-state index is 10.6. The largest absolute Gasteiger partial charge is 0.272 e. The number of hydrogen-bond acceptors (Lipinski definition) is 2. The van der Waals surface area contributed by atoms with Crippen molar-refractivity contribution in [3.63, 3.8) is 0 Å². The first kappa shape index (κ1) is 11.3. The van der Waals surface area contributed by atoms with E-state index in [9.17, 15) is 10.1 Å². The molecule has 14 heavy (non-hydrogen) atoms. The average Bonchev–Trinajstić information content (AvgIpc) is 2.14. The predicted octanol–water partition coefficient (Wildman–Crippen LogP) is 3.42. The Morgan fingerprint density at radius 1 is 1.43 bits per heavy atom. The molecule has 0 saturated carbocycles. The fourth-order valence-electron chi connectivity index (χ4n) is 1.19. The molecule has 0 aromatic heterocycles. The minimum absolute atomic E-state index is 0.111. The van der Waals surface area contributed by atoms with Gasteiger partial charge in [0, 0.05) is 22.5 Å². The van der Waals surface area contributed by atoms with Crippen molar-refractivity contribution >= 4 is 28.9 Å². The summed E-state index contributed by atoms with van der Waals surface area (Å²) in [5.41, 5.74) is 0.752. The number of nitrogens with zero attached hydrogens (tertiary/aromatic N) is 1. The zero-order valence-corrected chi connectivity index (χ0v) is 8.88. The molecule has 0 heterocycles. The molecule has 0 amide bonds. The van der Waals surface area contributed by atoms with Crippen molar-refractivity contribution in [2.75, 3.05) is 5.88 Å². The first-order valence-electron chi connectivity index (χ1n) is 4.14. The summed E-state index contributed by atoms with van der Waals surface area (Å²) in [5.74, 6) is 0.490. The van der Waals surface area contributed by atoms with Crippen LogP contribution in [0.5, 0.6) is 0 Å². The van der Waals surface area contributed by atoms with Crippen molar-refractivity contribution < 1.29 is 4.92 Å². The van der Waals surface area contributed by atoms with Gasteiger partial charge in [-0.25, -0.2) is 0 Å². The summed E-state index contributed by atoms with van der Waals surface area (Å²) in [4.78, 5) is 10.2. The zero-order valence-electron chi connectivity index (χ0n) is 7.37. The lowest BCUT2D eigenvalue weighted by Crippen LogP contribution is -1.96. The van der Waals surface area contributed by atoms with Gasteiger partial charge in [-0.05, 0) is 25.0 Å². The van der Waals surface area contributed by atoms with Crippen LogP contribution < -0.4 is 0 Å². The van der Waals surface area contributed by atoms with Crippen molar-refractivity contribution in [3.8, 4) is 0 Å². The third-order valence-corrected chi connectivity index (χ3v) is 2.32. The first-order valence-corrected chi connectivity index (χ1v) is 5.05. The van der Waals surface area contributed by atoms with E-state index in [1.54, 1.807) is 6.07 Å². The molecule has 1 aromatic carbocycles. The highest BCUT2D eigenvalue weighted by molar-refractivity contribution is 6.30. The Kier molecular flexibility index (Phi) is 4.17. The van der Waals surface area contributed by atoms with Crippen molar-refractivity contribution in [2.45, 2.75) is 12.8 Å². The first-order chi connectivity index (χ1) is 6.65. The minimum atomic E-state index is -0.403. The molecule has 76 valence electrons. The molecule has 1 aromatic rings. The van der Waals surface area contributed by atoms with Crippen LogP contribution in [0.1, 0.15) is 12.0 Å². The van der Waals surface area contributed by atoms with Gasteiger partial charge >= 0.3 is 0 Å². The Balaban J connectivity index is 2.97. The topological polar surface area (TPSA) is 43.1 Å². The average molecular weight is 234 g/mol. The van der Waals surface area contributed by atoms with Crippen molar-refractivity contribution in [1.29, 1.82) is 0 Å². The van der Waals surface area contributed by atoms with E-state index < -0.39 is 4.92 Å². The summed E-state index contributed by atoms with van der Waals surface area (Å²) >= 11 is 11.3. The highest BCUT2D eigenvalue weighted by Crippen LogP contribution is 2.23. The maximum absolute atomic E-state index is 10.6. The second-order valence-corrected chi connectivity index (χ2v) is 3.64. The molecule has 1 rings (SSSR count). The van der Waals surface area contributed by atoms with Crippen LogP contribution >= 0.6 is 23.2 Å². The highest BCUT2D eigenvalue weighted by Gasteiger charge is 2.12. The number of benzene rings is 1. The molecule has 0 unspecified atom stereocenters. The van der Waals surface area contributed by atoms with E-state index in [2.05, 4.69) is 0 Å². The second-order valence-electron chi connectivity index (χ2n) is 2.82. The van der Waals surface area contributed by atoms with Gasteiger partial charge in [0.15, 0.2) is 0 Å². The third kappa shape index (κ3) is 2.86. The Morgan fingerprint density at radius 2 is 2.14 bits per heavy atom. The molecular formula is C9H9Cl2NO2. The van der Waals surface area contributed by atoms with Crippen LogP contribution in [0.15, 0.2) is 18.2 Å². The number of rotatable bonds is 4. The van der Waals surface area contributed by atoms with E-state index in [-0.39, 0.29) is 5.69 Å². The third-order valence-electron chi connectivity index (χ3n) is 1.82. The summed E-state index contributed by atoms with van der Waals surface area (Å²) in [6.07, 6.45) is 1.29. The van der Waals surface area contributed by atoms with Crippen molar-refractivity contribution in [2.24, 2.45) is 0 Å². The van der Waals surface area contributed by atoms with E-state index in [0.29, 0.717) is 29.3 Å². The summed E-state index contributed by atoms with van der Waals surface area (Å²) in [7, 11) is 0. The molecule has 5 heteroatoms. The van der Waals surface area contributed by atoms with Crippen LogP contribution in [0.2, 0.25) is 5.02 Å². The lowest BCUT2D eigenvalue weighted by atomic mass is 10.1. The number of aryl methyl sites for hydroxylation is 1. The van der Waals surface area contributed by atoms with Gasteiger partial charge < -0.3 is 0 Å². The van der Waals surface area contributed by atoms with Crippen molar-refractivity contribution in [3.05, 3.63) is 38.9 Å². The van der Waals surface area contributed by atoms with E-state index in [4.69, 9.17) is 23.2 Å². The summed E-state index contributed by atoms with van der Waals surface area (Å²) in [6.45, 7) is 0. The molecule has 0 saturated heterocycles. The SMILES string of the molecule is O=[N+]([O-])c1ccc(Cl)cc1CCCCl. The van der Waals surface area contributed by atoms with E-state index in [1.807, 2.05) is 0 Å². The molecule has 3 nitrogen and oxygen atoms in total. The highest BCUT2D eigenvalue weighted by atomic mass is 35.5. The Labute approximate surface area is 91.8 Å². The van der Waals surface area contributed by atoms with Crippen LogP contribution in [-0.2, 0) is 6.42 Å². The lowest BCUT2D eigenvalue weighted by molar-refractivity contribution is -0.385. The number of hydrogen-bond donors (Lipinski definition) is 0. The van der Waals surface area contributed by atoms with Crippen LogP contribution in [0, 0.1) is 10.1 Å². The van der Waals surface area contributed by atoms with Gasteiger partial charge in [-0.2, -0.15) is 0 Å². The Bertz CT molecular complexity index is 342. The smallest absolute Gasteiger partial charge is 0.258 e. The van der Waals surface area contributed by atoms with Gasteiger partial charge in [0.25, 0.3) is 5.69 Å². The molecule has 0 spiro atoms. The Morgan fingerprint density at radius 3 is 2.71 bits per heavy atom. The number of nitro benzene ring substituents is 1. The van der Waals surface area contributed by atoms with Gasteiger partial charge in [-0.1, -0.05) is 11.6 Å². The lowest BCUT2D eigenvalue weighted by Gasteiger charge is -2.01. The zero-order chi connectivity index (χ0) is 10.6. The van der Waals surface area contributed by atoms with E-state index in [0.717, 1.165) is 0 Å². The molecule has 0 bridgehead atoms. The van der Waals surface area contributed by atoms with Gasteiger partial charge in [0.05, 0.1) is 4.92 Å². The fourth-order valence-corrected chi connectivity index (χ4v) is 1.52. The van der Waals surface area contributed by atoms with Crippen LogP contribution in [0.25, 0.3) is 0 Å². The molecule has 0 N–H and O–H groups in total. The van der Waals surface area contributed by atoms with Gasteiger partial charge in [-0.15, -0.1) is 11.6 Å². The second kappa shape index (κ2) is 5.17. The molecule has 0 aliphatic carbocycles. The van der Waals surface area contributed by atoms with E-state index >= 15 is 0 Å². The molecule has 0 atom stereocenters. The van der Waals surface area contributed by atoms with Gasteiger partial charge in [-0.3, -0.25) is 10.1 Å². The van der Waals surface area contributed by atoms with E-state index in [1.165, 1.54) is 12.1 Å². The molecule has 0 aliphatic rings. The number of halogens is 2.